The van der Waals surface area contributed by atoms with E-state index in [1.807, 2.05) is 27.8 Å². The van der Waals surface area contributed by atoms with Crippen molar-refractivity contribution in [3.8, 4) is 0 Å². The van der Waals surface area contributed by atoms with Crippen LogP contribution < -0.4 is 5.32 Å². The maximum atomic E-state index is 11.7. The summed E-state index contributed by atoms with van der Waals surface area (Å²) in [6.07, 6.45) is -0.203. The molecule has 2 unspecified atom stereocenters. The molecule has 0 spiro atoms. The van der Waals surface area contributed by atoms with Crippen LogP contribution in [-0.2, 0) is 4.74 Å². The second-order valence-corrected chi connectivity index (χ2v) is 6.01. The minimum Gasteiger partial charge on any atom is -0.444 e. The molecule has 1 aliphatic carbocycles. The first-order valence-electron chi connectivity index (χ1n) is 6.03. The van der Waals surface area contributed by atoms with Gasteiger partial charge in [-0.2, -0.15) is 0 Å². The van der Waals surface area contributed by atoms with Gasteiger partial charge in [0, 0.05) is 13.6 Å². The molecule has 4 nitrogen and oxygen atoms in total. The van der Waals surface area contributed by atoms with E-state index in [9.17, 15) is 4.79 Å². The largest absolute Gasteiger partial charge is 0.444 e. The van der Waals surface area contributed by atoms with Crippen LogP contribution in [0.4, 0.5) is 4.79 Å². The van der Waals surface area contributed by atoms with Crippen molar-refractivity contribution in [3.63, 3.8) is 0 Å². The molecule has 0 radical (unpaired) electrons. The first-order valence-corrected chi connectivity index (χ1v) is 6.03. The third kappa shape index (κ3) is 2.48. The SMILES string of the molecule is CN(CC1C2CNCC21)C(=O)OC(C)(C)C. The Bertz CT molecular complexity index is 275. The van der Waals surface area contributed by atoms with Crippen LogP contribution in [0.3, 0.4) is 0 Å². The first-order chi connectivity index (χ1) is 7.38. The van der Waals surface area contributed by atoms with Crippen LogP contribution in [0.1, 0.15) is 20.8 Å². The van der Waals surface area contributed by atoms with Crippen molar-refractivity contribution in [1.82, 2.24) is 10.2 Å². The van der Waals surface area contributed by atoms with E-state index in [1.165, 1.54) is 0 Å². The zero-order valence-corrected chi connectivity index (χ0v) is 10.6. The Labute approximate surface area is 97.3 Å². The smallest absolute Gasteiger partial charge is 0.410 e. The fourth-order valence-corrected chi connectivity index (χ4v) is 2.55. The van der Waals surface area contributed by atoms with Gasteiger partial charge in [0.1, 0.15) is 5.60 Å². The van der Waals surface area contributed by atoms with Crippen molar-refractivity contribution in [2.45, 2.75) is 26.4 Å². The van der Waals surface area contributed by atoms with Gasteiger partial charge in [0.15, 0.2) is 0 Å². The van der Waals surface area contributed by atoms with Gasteiger partial charge in [0.2, 0.25) is 0 Å². The quantitative estimate of drug-likeness (QED) is 0.772. The van der Waals surface area contributed by atoms with E-state index < -0.39 is 5.60 Å². The Hall–Kier alpha value is -0.770. The molecule has 1 saturated carbocycles. The first kappa shape index (κ1) is 11.7. The topological polar surface area (TPSA) is 41.6 Å². The van der Waals surface area contributed by atoms with Crippen molar-refractivity contribution >= 4 is 6.09 Å². The summed E-state index contributed by atoms with van der Waals surface area (Å²) in [7, 11) is 1.83. The molecule has 1 N–H and O–H groups in total. The molecule has 16 heavy (non-hydrogen) atoms. The highest BCUT2D eigenvalue weighted by Crippen LogP contribution is 2.48. The number of carbonyl (C=O) groups is 1. The number of nitrogens with zero attached hydrogens (tertiary/aromatic N) is 1. The number of rotatable bonds is 2. The van der Waals surface area contributed by atoms with Crippen LogP contribution in [0.5, 0.6) is 0 Å². The van der Waals surface area contributed by atoms with Gasteiger partial charge in [-0.25, -0.2) is 4.79 Å². The van der Waals surface area contributed by atoms with E-state index in [0.29, 0.717) is 5.92 Å². The van der Waals surface area contributed by atoms with Crippen molar-refractivity contribution < 1.29 is 9.53 Å². The van der Waals surface area contributed by atoms with E-state index in [0.717, 1.165) is 31.5 Å². The summed E-state index contributed by atoms with van der Waals surface area (Å²) >= 11 is 0. The summed E-state index contributed by atoms with van der Waals surface area (Å²) in [5.41, 5.74) is -0.397. The lowest BCUT2D eigenvalue weighted by Crippen LogP contribution is -2.36. The Balaban J connectivity index is 1.76. The number of carbonyl (C=O) groups excluding carboxylic acids is 1. The molecule has 0 bridgehead atoms. The summed E-state index contributed by atoms with van der Waals surface area (Å²) in [5, 5.41) is 3.36. The maximum Gasteiger partial charge on any atom is 0.410 e. The molecule has 2 rings (SSSR count). The van der Waals surface area contributed by atoms with Gasteiger partial charge in [-0.05, 0) is 51.6 Å². The van der Waals surface area contributed by atoms with Gasteiger partial charge in [0.05, 0.1) is 0 Å². The minimum absolute atomic E-state index is 0.203. The highest BCUT2D eigenvalue weighted by atomic mass is 16.6. The van der Waals surface area contributed by atoms with Gasteiger partial charge < -0.3 is 15.0 Å². The van der Waals surface area contributed by atoms with Crippen LogP contribution in [0.25, 0.3) is 0 Å². The van der Waals surface area contributed by atoms with Crippen LogP contribution in [-0.4, -0.2) is 43.3 Å². The number of fused-ring (bicyclic) bond motifs is 1. The van der Waals surface area contributed by atoms with E-state index in [2.05, 4.69) is 5.32 Å². The number of hydrogen-bond donors (Lipinski definition) is 1. The lowest BCUT2D eigenvalue weighted by Gasteiger charge is -2.25. The zero-order valence-electron chi connectivity index (χ0n) is 10.6. The summed E-state index contributed by atoms with van der Waals surface area (Å²) in [4.78, 5) is 13.4. The minimum atomic E-state index is -0.397. The second kappa shape index (κ2) is 3.91. The average molecular weight is 226 g/mol. The zero-order chi connectivity index (χ0) is 11.9. The van der Waals surface area contributed by atoms with E-state index in [1.54, 1.807) is 4.90 Å². The molecular weight excluding hydrogens is 204 g/mol. The van der Waals surface area contributed by atoms with E-state index >= 15 is 0 Å². The normalized spacial score (nSPS) is 32.1. The summed E-state index contributed by atoms with van der Waals surface area (Å²) in [5.74, 6) is 2.29. The predicted octanol–water partition coefficient (Wildman–Crippen LogP) is 1.32. The Morgan fingerprint density at radius 1 is 1.38 bits per heavy atom. The second-order valence-electron chi connectivity index (χ2n) is 6.01. The highest BCUT2D eigenvalue weighted by molar-refractivity contribution is 5.67. The van der Waals surface area contributed by atoms with Crippen LogP contribution in [0, 0.1) is 17.8 Å². The van der Waals surface area contributed by atoms with Gasteiger partial charge in [-0.3, -0.25) is 0 Å². The lowest BCUT2D eigenvalue weighted by atomic mass is 10.2. The standard InChI is InChI=1S/C12H22N2O2/c1-12(2,3)16-11(15)14(4)7-10-8-5-13-6-9(8)10/h8-10,13H,5-7H2,1-4H3. The third-order valence-corrected chi connectivity index (χ3v) is 3.46. The molecular formula is C12H22N2O2. The van der Waals surface area contributed by atoms with Crippen molar-refractivity contribution in [2.75, 3.05) is 26.7 Å². The lowest BCUT2D eigenvalue weighted by molar-refractivity contribution is 0.0286. The molecule has 4 heteroatoms. The number of amides is 1. The number of nitrogens with one attached hydrogen (secondary N) is 1. The molecule has 0 aromatic heterocycles. The van der Waals surface area contributed by atoms with Crippen LogP contribution >= 0.6 is 0 Å². The van der Waals surface area contributed by atoms with Crippen molar-refractivity contribution in [3.05, 3.63) is 0 Å². The number of ether oxygens (including phenoxy) is 1. The van der Waals surface area contributed by atoms with Crippen LogP contribution in [0.15, 0.2) is 0 Å². The number of piperidine rings is 1. The number of hydrogen-bond acceptors (Lipinski definition) is 3. The Morgan fingerprint density at radius 2 is 1.94 bits per heavy atom. The third-order valence-electron chi connectivity index (χ3n) is 3.46. The molecule has 92 valence electrons. The molecule has 2 atom stereocenters. The molecule has 1 heterocycles. The molecule has 0 aromatic carbocycles. The monoisotopic (exact) mass is 226 g/mol. The maximum absolute atomic E-state index is 11.7. The molecule has 2 aliphatic rings. The van der Waals surface area contributed by atoms with Crippen LogP contribution in [0.2, 0.25) is 0 Å². The molecule has 0 aromatic rings. The van der Waals surface area contributed by atoms with Gasteiger partial charge in [-0.15, -0.1) is 0 Å². The molecule has 2 fully saturated rings. The molecule has 1 amide bonds. The summed E-state index contributed by atoms with van der Waals surface area (Å²) in [6.45, 7) is 8.78. The molecule has 1 aliphatic heterocycles. The average Bonchev–Trinajstić information content (AvgIpc) is 2.60. The van der Waals surface area contributed by atoms with Gasteiger partial charge in [0.25, 0.3) is 0 Å². The molecule has 1 saturated heterocycles. The van der Waals surface area contributed by atoms with E-state index in [4.69, 9.17) is 4.74 Å². The van der Waals surface area contributed by atoms with E-state index in [-0.39, 0.29) is 6.09 Å². The Kier molecular flexibility index (Phi) is 2.86. The predicted molar refractivity (Wildman–Crippen MR) is 62.2 cm³/mol. The van der Waals surface area contributed by atoms with Crippen molar-refractivity contribution in [2.24, 2.45) is 17.8 Å². The van der Waals surface area contributed by atoms with Gasteiger partial charge in [-0.1, -0.05) is 0 Å². The summed E-state index contributed by atoms with van der Waals surface area (Å²) in [6, 6.07) is 0. The Morgan fingerprint density at radius 3 is 2.44 bits per heavy atom. The fourth-order valence-electron chi connectivity index (χ4n) is 2.55. The van der Waals surface area contributed by atoms with Gasteiger partial charge >= 0.3 is 6.09 Å². The highest BCUT2D eigenvalue weighted by Gasteiger charge is 2.53. The summed E-state index contributed by atoms with van der Waals surface area (Å²) < 4.78 is 5.32. The van der Waals surface area contributed by atoms with Crippen molar-refractivity contribution in [1.29, 1.82) is 0 Å². The fraction of sp³-hybridized carbons (Fsp3) is 0.917.